The molecule has 0 aliphatic carbocycles. The molecule has 0 spiro atoms. The maximum atomic E-state index is 5.61. The second kappa shape index (κ2) is 2.70. The molecule has 0 unspecified atom stereocenters. The molecule has 1 aromatic carbocycles. The summed E-state index contributed by atoms with van der Waals surface area (Å²) in [7, 11) is 0. The Kier molecular flexibility index (Phi) is 1.55. The Bertz CT molecular complexity index is 432. The lowest BCUT2D eigenvalue weighted by Gasteiger charge is -1.91. The van der Waals surface area contributed by atoms with Crippen LogP contribution in [0.5, 0.6) is 0 Å². The molecule has 0 amide bonds. The normalized spacial score (nSPS) is 13.3. The van der Waals surface area contributed by atoms with E-state index in [0.29, 0.717) is 0 Å². The Balaban J connectivity index is 2.79. The van der Waals surface area contributed by atoms with Crippen LogP contribution < -0.4 is 21.6 Å². The minimum atomic E-state index is 0.737. The Morgan fingerprint density at radius 3 is 3.17 bits per heavy atom. The van der Waals surface area contributed by atoms with Gasteiger partial charge in [-0.1, -0.05) is 0 Å². The summed E-state index contributed by atoms with van der Waals surface area (Å²) in [6.45, 7) is 0. The number of nitrogens with one attached hydrogen (secondary N) is 1. The maximum Gasteiger partial charge on any atom is 0.0737 e. The third-order valence-corrected chi connectivity index (χ3v) is 1.68. The molecule has 0 atom stereocenters. The number of rotatable bonds is 0. The number of nitrogens with zero attached hydrogens (tertiary/aromatic N) is 1. The summed E-state index contributed by atoms with van der Waals surface area (Å²) in [6, 6.07) is 5.65. The van der Waals surface area contributed by atoms with Crippen molar-refractivity contribution in [2.45, 2.75) is 0 Å². The summed E-state index contributed by atoms with van der Waals surface area (Å²) in [5.74, 6) is 0. The standard InChI is InChI=1S/C9H9N3/c10-8-2-1-7-6-11-3-4-12-9(7)5-8/h1-6,11H,10H2. The van der Waals surface area contributed by atoms with Gasteiger partial charge in [-0.25, -0.2) is 0 Å². The Hall–Kier alpha value is -1.77. The van der Waals surface area contributed by atoms with Gasteiger partial charge in [0.1, 0.15) is 0 Å². The zero-order valence-corrected chi connectivity index (χ0v) is 6.49. The van der Waals surface area contributed by atoms with E-state index in [2.05, 4.69) is 10.3 Å². The van der Waals surface area contributed by atoms with Gasteiger partial charge in [0, 0.05) is 29.5 Å². The zero-order chi connectivity index (χ0) is 8.39. The molecule has 1 aliphatic rings. The van der Waals surface area contributed by atoms with Gasteiger partial charge in [0.05, 0.1) is 5.36 Å². The first-order valence-electron chi connectivity index (χ1n) is 3.71. The van der Waals surface area contributed by atoms with E-state index in [1.165, 1.54) is 0 Å². The van der Waals surface area contributed by atoms with Crippen molar-refractivity contribution in [3.63, 3.8) is 0 Å². The molecule has 3 nitrogen and oxygen atoms in total. The lowest BCUT2D eigenvalue weighted by molar-refractivity contribution is 1.27. The van der Waals surface area contributed by atoms with Crippen LogP contribution in [0.3, 0.4) is 0 Å². The summed E-state index contributed by atoms with van der Waals surface area (Å²) in [5, 5.41) is 4.93. The number of fused-ring (bicyclic) bond motifs is 1. The molecule has 3 heteroatoms. The highest BCUT2D eigenvalue weighted by Crippen LogP contribution is 1.90. The third-order valence-electron chi connectivity index (χ3n) is 1.68. The second-order valence-corrected chi connectivity index (χ2v) is 2.57. The van der Waals surface area contributed by atoms with Crippen molar-refractivity contribution >= 4 is 11.9 Å². The molecule has 1 aliphatic heterocycles. The molecule has 0 radical (unpaired) electrons. The van der Waals surface area contributed by atoms with Gasteiger partial charge in [-0.05, 0) is 18.2 Å². The van der Waals surface area contributed by atoms with E-state index < -0.39 is 0 Å². The highest BCUT2D eigenvalue weighted by molar-refractivity contribution is 5.39. The van der Waals surface area contributed by atoms with Crippen LogP contribution in [-0.4, -0.2) is 0 Å². The lowest BCUT2D eigenvalue weighted by atomic mass is 10.2. The first-order chi connectivity index (χ1) is 5.86. The van der Waals surface area contributed by atoms with Gasteiger partial charge in [0.2, 0.25) is 0 Å². The number of nitrogens with two attached hydrogens (primary N) is 1. The Morgan fingerprint density at radius 2 is 2.25 bits per heavy atom. The number of anilines is 1. The summed E-state index contributed by atoms with van der Waals surface area (Å²) >= 11 is 0. The fourth-order valence-electron chi connectivity index (χ4n) is 1.09. The van der Waals surface area contributed by atoms with Crippen molar-refractivity contribution in [3.05, 3.63) is 41.2 Å². The van der Waals surface area contributed by atoms with E-state index >= 15 is 0 Å². The Labute approximate surface area is 69.9 Å². The molecular formula is C9H9N3. The van der Waals surface area contributed by atoms with E-state index in [1.807, 2.05) is 24.4 Å². The van der Waals surface area contributed by atoms with Crippen molar-refractivity contribution < 1.29 is 0 Å². The lowest BCUT2D eigenvalue weighted by Crippen LogP contribution is -2.25. The molecule has 0 fully saturated rings. The average Bonchev–Trinajstić information content (AvgIpc) is 2.28. The van der Waals surface area contributed by atoms with Crippen molar-refractivity contribution in [1.82, 2.24) is 5.32 Å². The molecule has 60 valence electrons. The van der Waals surface area contributed by atoms with Crippen LogP contribution in [-0.2, 0) is 0 Å². The third kappa shape index (κ3) is 1.16. The highest BCUT2D eigenvalue weighted by atomic mass is 14.8. The smallest absolute Gasteiger partial charge is 0.0737 e. The van der Waals surface area contributed by atoms with Crippen molar-refractivity contribution in [3.8, 4) is 0 Å². The molecule has 12 heavy (non-hydrogen) atoms. The number of hydrogen-bond donors (Lipinski definition) is 2. The van der Waals surface area contributed by atoms with Crippen LogP contribution in [0.4, 0.5) is 5.69 Å². The van der Waals surface area contributed by atoms with Gasteiger partial charge in [0.25, 0.3) is 0 Å². The van der Waals surface area contributed by atoms with E-state index in [4.69, 9.17) is 5.73 Å². The van der Waals surface area contributed by atoms with Gasteiger partial charge in [0.15, 0.2) is 0 Å². The molecule has 1 aromatic rings. The van der Waals surface area contributed by atoms with Crippen LogP contribution in [0.1, 0.15) is 0 Å². The van der Waals surface area contributed by atoms with Crippen LogP contribution in [0, 0.1) is 0 Å². The first-order valence-corrected chi connectivity index (χ1v) is 3.71. The second-order valence-electron chi connectivity index (χ2n) is 2.57. The van der Waals surface area contributed by atoms with Crippen molar-refractivity contribution in [2.75, 3.05) is 5.73 Å². The first kappa shape index (κ1) is 6.91. The predicted molar refractivity (Wildman–Crippen MR) is 48.4 cm³/mol. The topological polar surface area (TPSA) is 50.4 Å². The zero-order valence-electron chi connectivity index (χ0n) is 6.49. The minimum Gasteiger partial charge on any atom is -0.399 e. The van der Waals surface area contributed by atoms with Crippen LogP contribution >= 0.6 is 0 Å². The molecule has 1 heterocycles. The van der Waals surface area contributed by atoms with Crippen molar-refractivity contribution in [1.29, 1.82) is 0 Å². The molecular weight excluding hydrogens is 150 g/mol. The summed E-state index contributed by atoms with van der Waals surface area (Å²) in [4.78, 5) is 4.19. The molecule has 0 saturated heterocycles. The van der Waals surface area contributed by atoms with Crippen molar-refractivity contribution in [2.24, 2.45) is 4.99 Å². The van der Waals surface area contributed by atoms with E-state index in [-0.39, 0.29) is 0 Å². The highest BCUT2D eigenvalue weighted by Gasteiger charge is 1.89. The van der Waals surface area contributed by atoms with Gasteiger partial charge in [-0.2, -0.15) is 0 Å². The number of hydrogen-bond acceptors (Lipinski definition) is 3. The molecule has 0 saturated carbocycles. The van der Waals surface area contributed by atoms with Crippen LogP contribution in [0.15, 0.2) is 35.6 Å². The quantitative estimate of drug-likeness (QED) is 0.511. The molecule has 3 N–H and O–H groups in total. The Morgan fingerprint density at radius 1 is 1.33 bits per heavy atom. The largest absolute Gasteiger partial charge is 0.399 e. The van der Waals surface area contributed by atoms with E-state index in [1.54, 1.807) is 12.4 Å². The SMILES string of the molecule is Nc1ccc2c(c1)=NC=CNC=2. The summed E-state index contributed by atoms with van der Waals surface area (Å²) in [6.07, 6.45) is 5.37. The summed E-state index contributed by atoms with van der Waals surface area (Å²) in [5.41, 5.74) is 6.35. The van der Waals surface area contributed by atoms with Gasteiger partial charge in [-0.3, -0.25) is 4.99 Å². The van der Waals surface area contributed by atoms with Gasteiger partial charge < -0.3 is 11.1 Å². The number of nitrogen functional groups attached to an aromatic ring is 1. The fraction of sp³-hybridized carbons (Fsp3) is 0. The van der Waals surface area contributed by atoms with E-state index in [9.17, 15) is 0 Å². The molecule has 0 bridgehead atoms. The monoisotopic (exact) mass is 159 g/mol. The minimum absolute atomic E-state index is 0.737. The molecule has 2 rings (SSSR count). The molecule has 0 aromatic heterocycles. The van der Waals surface area contributed by atoms with E-state index in [0.717, 1.165) is 16.3 Å². The fourth-order valence-corrected chi connectivity index (χ4v) is 1.09. The maximum absolute atomic E-state index is 5.61. The predicted octanol–water partition coefficient (Wildman–Crippen LogP) is -0.299. The summed E-state index contributed by atoms with van der Waals surface area (Å²) < 4.78 is 0. The van der Waals surface area contributed by atoms with Gasteiger partial charge >= 0.3 is 0 Å². The van der Waals surface area contributed by atoms with Gasteiger partial charge in [-0.15, -0.1) is 0 Å². The average molecular weight is 159 g/mol. The number of benzene rings is 1. The van der Waals surface area contributed by atoms with Crippen LogP contribution in [0.2, 0.25) is 0 Å². The van der Waals surface area contributed by atoms with Crippen LogP contribution in [0.25, 0.3) is 6.20 Å².